The van der Waals surface area contributed by atoms with Gasteiger partial charge < -0.3 is 9.47 Å². The molecule has 0 unspecified atom stereocenters. The van der Waals surface area contributed by atoms with Gasteiger partial charge in [0.05, 0.1) is 17.7 Å². The van der Waals surface area contributed by atoms with Gasteiger partial charge in [0.25, 0.3) is 0 Å². The van der Waals surface area contributed by atoms with Crippen molar-refractivity contribution in [3.8, 4) is 5.88 Å². The first kappa shape index (κ1) is 13.6. The number of hydrogen-bond acceptors (Lipinski definition) is 3. The number of aromatic nitrogens is 1. The maximum absolute atomic E-state index is 5.87. The van der Waals surface area contributed by atoms with Crippen LogP contribution >= 0.6 is 23.2 Å². The molecule has 0 saturated heterocycles. The van der Waals surface area contributed by atoms with Crippen molar-refractivity contribution in [1.82, 2.24) is 4.98 Å². The third-order valence-corrected chi connectivity index (χ3v) is 2.47. The first-order chi connectivity index (χ1) is 7.63. The Bertz CT molecular complexity index is 332. The van der Waals surface area contributed by atoms with E-state index in [1.165, 1.54) is 6.20 Å². The van der Waals surface area contributed by atoms with E-state index in [1.807, 2.05) is 13.8 Å². The van der Waals surface area contributed by atoms with Crippen molar-refractivity contribution in [2.45, 2.75) is 25.8 Å². The normalized spacial score (nSPS) is 10.8. The minimum Gasteiger partial charge on any atom is -0.475 e. The number of alkyl halides is 1. The summed E-state index contributed by atoms with van der Waals surface area (Å²) in [6.45, 7) is 4.96. The SMILES string of the molecule is CC(C)OCCOc1cc(CCl)c(Cl)cn1. The van der Waals surface area contributed by atoms with Gasteiger partial charge in [0, 0.05) is 18.1 Å². The molecule has 0 aromatic carbocycles. The Morgan fingerprint density at radius 2 is 2.12 bits per heavy atom. The number of pyridine rings is 1. The van der Waals surface area contributed by atoms with E-state index in [0.29, 0.717) is 30.0 Å². The smallest absolute Gasteiger partial charge is 0.213 e. The largest absolute Gasteiger partial charge is 0.475 e. The van der Waals surface area contributed by atoms with Crippen LogP contribution in [0.4, 0.5) is 0 Å². The minimum atomic E-state index is 0.208. The molecule has 1 aromatic heterocycles. The maximum atomic E-state index is 5.87. The molecule has 90 valence electrons. The zero-order valence-electron chi connectivity index (χ0n) is 9.37. The Balaban J connectivity index is 2.42. The second kappa shape index (κ2) is 6.94. The van der Waals surface area contributed by atoms with Crippen LogP contribution in [-0.2, 0) is 10.6 Å². The monoisotopic (exact) mass is 263 g/mol. The van der Waals surface area contributed by atoms with Crippen molar-refractivity contribution < 1.29 is 9.47 Å². The molecule has 0 fully saturated rings. The van der Waals surface area contributed by atoms with Crippen LogP contribution in [0, 0.1) is 0 Å². The molecular formula is C11H15Cl2NO2. The highest BCUT2D eigenvalue weighted by Crippen LogP contribution is 2.20. The van der Waals surface area contributed by atoms with Crippen LogP contribution in [0.3, 0.4) is 0 Å². The lowest BCUT2D eigenvalue weighted by Gasteiger charge is -2.09. The Kier molecular flexibility index (Phi) is 5.88. The molecule has 0 amide bonds. The molecule has 0 aliphatic heterocycles. The van der Waals surface area contributed by atoms with Crippen LogP contribution in [0.15, 0.2) is 12.3 Å². The molecule has 0 aliphatic carbocycles. The second-order valence-electron chi connectivity index (χ2n) is 3.52. The summed E-state index contributed by atoms with van der Waals surface area (Å²) in [6, 6.07) is 1.74. The van der Waals surface area contributed by atoms with Crippen LogP contribution in [0.2, 0.25) is 5.02 Å². The van der Waals surface area contributed by atoms with E-state index >= 15 is 0 Å². The van der Waals surface area contributed by atoms with E-state index in [2.05, 4.69) is 4.98 Å². The van der Waals surface area contributed by atoms with Gasteiger partial charge in [0.1, 0.15) is 6.61 Å². The first-order valence-corrected chi connectivity index (χ1v) is 5.99. The van der Waals surface area contributed by atoms with Gasteiger partial charge in [-0.15, -0.1) is 11.6 Å². The zero-order chi connectivity index (χ0) is 12.0. The highest BCUT2D eigenvalue weighted by atomic mass is 35.5. The van der Waals surface area contributed by atoms with Crippen molar-refractivity contribution in [2.75, 3.05) is 13.2 Å². The number of ether oxygens (including phenoxy) is 2. The molecule has 1 rings (SSSR count). The summed E-state index contributed by atoms with van der Waals surface area (Å²) < 4.78 is 10.7. The Labute approximate surface area is 106 Å². The van der Waals surface area contributed by atoms with Crippen LogP contribution < -0.4 is 4.74 Å². The summed E-state index contributed by atoms with van der Waals surface area (Å²) in [5.74, 6) is 0.868. The van der Waals surface area contributed by atoms with Gasteiger partial charge >= 0.3 is 0 Å². The molecule has 0 radical (unpaired) electrons. The molecule has 5 heteroatoms. The van der Waals surface area contributed by atoms with Crippen molar-refractivity contribution in [3.05, 3.63) is 22.8 Å². The highest BCUT2D eigenvalue weighted by molar-refractivity contribution is 6.32. The fourth-order valence-electron chi connectivity index (χ4n) is 1.07. The Morgan fingerprint density at radius 1 is 1.38 bits per heavy atom. The minimum absolute atomic E-state index is 0.208. The summed E-state index contributed by atoms with van der Waals surface area (Å²) in [7, 11) is 0. The van der Waals surface area contributed by atoms with E-state index in [1.54, 1.807) is 6.07 Å². The average Bonchev–Trinajstić information content (AvgIpc) is 2.26. The van der Waals surface area contributed by atoms with Gasteiger partial charge in [0.2, 0.25) is 5.88 Å². The molecule has 0 spiro atoms. The summed E-state index contributed by atoms with van der Waals surface area (Å²) in [4.78, 5) is 4.04. The van der Waals surface area contributed by atoms with Gasteiger partial charge in [0.15, 0.2) is 0 Å². The predicted octanol–water partition coefficient (Wildman–Crippen LogP) is 3.28. The molecule has 1 aromatic rings. The molecule has 0 aliphatic rings. The van der Waals surface area contributed by atoms with Crippen molar-refractivity contribution >= 4 is 23.2 Å². The van der Waals surface area contributed by atoms with Gasteiger partial charge in [-0.3, -0.25) is 0 Å². The van der Waals surface area contributed by atoms with Gasteiger partial charge in [-0.25, -0.2) is 4.98 Å². The van der Waals surface area contributed by atoms with Crippen LogP contribution in [-0.4, -0.2) is 24.3 Å². The fraction of sp³-hybridized carbons (Fsp3) is 0.545. The van der Waals surface area contributed by atoms with Crippen molar-refractivity contribution in [3.63, 3.8) is 0 Å². The molecule has 0 bridgehead atoms. The van der Waals surface area contributed by atoms with Gasteiger partial charge in [-0.1, -0.05) is 11.6 Å². The molecular weight excluding hydrogens is 249 g/mol. The summed E-state index contributed by atoms with van der Waals surface area (Å²) in [6.07, 6.45) is 1.75. The summed E-state index contributed by atoms with van der Waals surface area (Å²) in [5.41, 5.74) is 0.818. The molecule has 0 saturated carbocycles. The van der Waals surface area contributed by atoms with Gasteiger partial charge in [-0.05, 0) is 19.4 Å². The van der Waals surface area contributed by atoms with Crippen molar-refractivity contribution in [2.24, 2.45) is 0 Å². The average molecular weight is 264 g/mol. The van der Waals surface area contributed by atoms with Crippen LogP contribution in [0.1, 0.15) is 19.4 Å². The lowest BCUT2D eigenvalue weighted by atomic mass is 10.3. The Hall–Kier alpha value is -0.510. The molecule has 3 nitrogen and oxygen atoms in total. The Morgan fingerprint density at radius 3 is 2.75 bits per heavy atom. The maximum Gasteiger partial charge on any atom is 0.213 e. The van der Waals surface area contributed by atoms with E-state index in [4.69, 9.17) is 32.7 Å². The lowest BCUT2D eigenvalue weighted by Crippen LogP contribution is -2.11. The van der Waals surface area contributed by atoms with Crippen LogP contribution in [0.25, 0.3) is 0 Å². The van der Waals surface area contributed by atoms with E-state index in [0.717, 1.165) is 5.56 Å². The fourth-order valence-corrected chi connectivity index (χ4v) is 1.53. The first-order valence-electron chi connectivity index (χ1n) is 5.08. The summed E-state index contributed by atoms with van der Waals surface area (Å²) in [5, 5.41) is 0.556. The predicted molar refractivity (Wildman–Crippen MR) is 65.4 cm³/mol. The quantitative estimate of drug-likeness (QED) is 0.583. The van der Waals surface area contributed by atoms with Gasteiger partial charge in [-0.2, -0.15) is 0 Å². The zero-order valence-corrected chi connectivity index (χ0v) is 10.9. The lowest BCUT2D eigenvalue weighted by molar-refractivity contribution is 0.0542. The number of rotatable bonds is 6. The molecule has 0 atom stereocenters. The van der Waals surface area contributed by atoms with Crippen molar-refractivity contribution in [1.29, 1.82) is 0 Å². The highest BCUT2D eigenvalue weighted by Gasteiger charge is 2.03. The molecule has 1 heterocycles. The topological polar surface area (TPSA) is 31.4 Å². The summed E-state index contributed by atoms with van der Waals surface area (Å²) >= 11 is 11.6. The number of halogens is 2. The molecule has 0 N–H and O–H groups in total. The third kappa shape index (κ3) is 4.56. The van der Waals surface area contributed by atoms with Crippen LogP contribution in [0.5, 0.6) is 5.88 Å². The van der Waals surface area contributed by atoms with E-state index in [-0.39, 0.29) is 6.10 Å². The van der Waals surface area contributed by atoms with E-state index in [9.17, 15) is 0 Å². The molecule has 16 heavy (non-hydrogen) atoms. The number of hydrogen-bond donors (Lipinski definition) is 0. The standard InChI is InChI=1S/C11H15Cl2NO2/c1-8(2)15-3-4-16-11-5-9(6-12)10(13)7-14-11/h5,7-8H,3-4,6H2,1-2H3. The third-order valence-electron chi connectivity index (χ3n) is 1.84. The van der Waals surface area contributed by atoms with E-state index < -0.39 is 0 Å². The second-order valence-corrected chi connectivity index (χ2v) is 4.19. The number of nitrogens with zero attached hydrogens (tertiary/aromatic N) is 1.